The number of fused-ring (bicyclic) bond motifs is 1. The number of hydrogen-bond donors (Lipinski definition) is 0. The van der Waals surface area contributed by atoms with E-state index < -0.39 is 0 Å². The molecule has 0 spiro atoms. The number of carbonyl (C=O) groups is 1. The molecule has 2 aliphatic heterocycles. The average Bonchev–Trinajstić information content (AvgIpc) is 3.29. The molecule has 0 saturated carbocycles. The Morgan fingerprint density at radius 3 is 2.47 bits per heavy atom. The van der Waals surface area contributed by atoms with Crippen molar-refractivity contribution < 1.29 is 14.3 Å². The van der Waals surface area contributed by atoms with Crippen molar-refractivity contribution in [1.29, 1.82) is 0 Å². The predicted octanol–water partition coefficient (Wildman–Crippen LogP) is 2.08. The summed E-state index contributed by atoms with van der Waals surface area (Å²) < 4.78 is 12.2. The molecule has 2 aromatic carbocycles. The fraction of sp³-hybridized carbons (Fsp3) is 0.292. The fourth-order valence-electron chi connectivity index (χ4n) is 3.95. The molecular formula is C24H24N4O4. The first-order chi connectivity index (χ1) is 15.6. The zero-order valence-corrected chi connectivity index (χ0v) is 17.9. The number of ether oxygens (including phenoxy) is 2. The van der Waals surface area contributed by atoms with Crippen LogP contribution in [0.15, 0.2) is 59.4 Å². The number of piperazine rings is 1. The largest absolute Gasteiger partial charge is 0.454 e. The second-order valence-electron chi connectivity index (χ2n) is 8.02. The van der Waals surface area contributed by atoms with Crippen LogP contribution in [0.5, 0.6) is 11.5 Å². The van der Waals surface area contributed by atoms with Gasteiger partial charge in [-0.1, -0.05) is 36.4 Å². The van der Waals surface area contributed by atoms with E-state index in [0.29, 0.717) is 41.4 Å². The summed E-state index contributed by atoms with van der Waals surface area (Å²) in [7, 11) is 2.04. The molecule has 32 heavy (non-hydrogen) atoms. The predicted molar refractivity (Wildman–Crippen MR) is 120 cm³/mol. The maximum absolute atomic E-state index is 13.4. The van der Waals surface area contributed by atoms with Gasteiger partial charge in [-0.25, -0.2) is 4.68 Å². The second-order valence-corrected chi connectivity index (χ2v) is 8.02. The number of hydrogen-bond acceptors (Lipinski definition) is 6. The van der Waals surface area contributed by atoms with Crippen molar-refractivity contribution in [2.45, 2.75) is 6.54 Å². The summed E-state index contributed by atoms with van der Waals surface area (Å²) in [5.74, 6) is 1.14. The van der Waals surface area contributed by atoms with E-state index in [1.54, 1.807) is 23.1 Å². The van der Waals surface area contributed by atoms with E-state index in [1.807, 2.05) is 43.4 Å². The highest BCUT2D eigenvalue weighted by Crippen LogP contribution is 2.35. The first-order valence-corrected chi connectivity index (χ1v) is 10.6. The number of nitrogens with zero attached hydrogens (tertiary/aromatic N) is 4. The van der Waals surface area contributed by atoms with Gasteiger partial charge in [0.2, 0.25) is 12.7 Å². The van der Waals surface area contributed by atoms with Gasteiger partial charge in [-0.3, -0.25) is 9.59 Å². The number of benzene rings is 2. The highest BCUT2D eigenvalue weighted by Gasteiger charge is 2.22. The van der Waals surface area contributed by atoms with Crippen LogP contribution in [-0.2, 0) is 11.3 Å². The monoisotopic (exact) mass is 432 g/mol. The minimum Gasteiger partial charge on any atom is -0.454 e. The lowest BCUT2D eigenvalue weighted by Crippen LogP contribution is -2.48. The summed E-state index contributed by atoms with van der Waals surface area (Å²) >= 11 is 0. The van der Waals surface area contributed by atoms with Crippen molar-refractivity contribution in [3.05, 3.63) is 65.0 Å². The van der Waals surface area contributed by atoms with Crippen LogP contribution < -0.4 is 15.0 Å². The highest BCUT2D eigenvalue weighted by atomic mass is 16.7. The van der Waals surface area contributed by atoms with Crippen LogP contribution in [0.3, 0.4) is 0 Å². The second kappa shape index (κ2) is 8.47. The van der Waals surface area contributed by atoms with Crippen LogP contribution >= 0.6 is 0 Å². The van der Waals surface area contributed by atoms with Crippen molar-refractivity contribution >= 4 is 5.91 Å². The minimum atomic E-state index is -0.314. The van der Waals surface area contributed by atoms with Crippen molar-refractivity contribution in [3.8, 4) is 33.9 Å². The Balaban J connectivity index is 1.54. The average molecular weight is 432 g/mol. The van der Waals surface area contributed by atoms with E-state index in [2.05, 4.69) is 10.00 Å². The van der Waals surface area contributed by atoms with Crippen molar-refractivity contribution in [3.63, 3.8) is 0 Å². The van der Waals surface area contributed by atoms with Gasteiger partial charge >= 0.3 is 0 Å². The molecule has 2 aliphatic rings. The normalized spacial score (nSPS) is 15.7. The highest BCUT2D eigenvalue weighted by molar-refractivity contribution is 5.77. The summed E-state index contributed by atoms with van der Waals surface area (Å²) in [5, 5.41) is 4.54. The minimum absolute atomic E-state index is 0.0965. The molecule has 164 valence electrons. The van der Waals surface area contributed by atoms with Crippen LogP contribution in [0.4, 0.5) is 0 Å². The Morgan fingerprint density at radius 2 is 1.69 bits per heavy atom. The van der Waals surface area contributed by atoms with Gasteiger partial charge in [-0.15, -0.1) is 0 Å². The molecule has 8 heteroatoms. The third-order valence-corrected chi connectivity index (χ3v) is 5.87. The molecule has 1 aromatic heterocycles. The number of amides is 1. The SMILES string of the molecule is CN1CCN(C(=O)Cn2nc(-c3ccccc3)cc(-c3ccc4c(c3)OCO4)c2=O)CC1. The van der Waals surface area contributed by atoms with Gasteiger partial charge in [0.25, 0.3) is 5.56 Å². The van der Waals surface area contributed by atoms with Crippen LogP contribution in [0.1, 0.15) is 0 Å². The van der Waals surface area contributed by atoms with Gasteiger partial charge in [0.15, 0.2) is 11.5 Å². The van der Waals surface area contributed by atoms with E-state index in [4.69, 9.17) is 9.47 Å². The molecular weight excluding hydrogens is 408 g/mol. The molecule has 1 saturated heterocycles. The third-order valence-electron chi connectivity index (χ3n) is 5.87. The number of likely N-dealkylation sites (N-methyl/N-ethyl adjacent to an activating group) is 1. The lowest BCUT2D eigenvalue weighted by Gasteiger charge is -2.32. The molecule has 0 N–H and O–H groups in total. The number of rotatable bonds is 4. The summed E-state index contributed by atoms with van der Waals surface area (Å²) in [4.78, 5) is 30.3. The van der Waals surface area contributed by atoms with Gasteiger partial charge in [-0.2, -0.15) is 5.10 Å². The Kier molecular flexibility index (Phi) is 5.36. The maximum atomic E-state index is 13.4. The van der Waals surface area contributed by atoms with Gasteiger partial charge in [-0.05, 0) is 30.8 Å². The molecule has 0 aliphatic carbocycles. The van der Waals surface area contributed by atoms with Crippen LogP contribution in [0.2, 0.25) is 0 Å². The molecule has 0 bridgehead atoms. The van der Waals surface area contributed by atoms with Gasteiger partial charge in [0.1, 0.15) is 6.54 Å². The fourth-order valence-corrected chi connectivity index (χ4v) is 3.95. The van der Waals surface area contributed by atoms with Gasteiger partial charge < -0.3 is 19.3 Å². The van der Waals surface area contributed by atoms with Crippen molar-refractivity contribution in [2.24, 2.45) is 0 Å². The molecule has 3 aromatic rings. The topological polar surface area (TPSA) is 76.9 Å². The van der Waals surface area contributed by atoms with Gasteiger partial charge in [0.05, 0.1) is 11.3 Å². The summed E-state index contributed by atoms with van der Waals surface area (Å²) in [5.41, 5.74) is 2.34. The molecule has 0 atom stereocenters. The quantitative estimate of drug-likeness (QED) is 0.628. The Morgan fingerprint density at radius 1 is 0.938 bits per heavy atom. The lowest BCUT2D eigenvalue weighted by molar-refractivity contribution is -0.133. The van der Waals surface area contributed by atoms with Crippen LogP contribution in [-0.4, -0.2) is 65.5 Å². The van der Waals surface area contributed by atoms with Crippen LogP contribution in [0, 0.1) is 0 Å². The van der Waals surface area contributed by atoms with Crippen molar-refractivity contribution in [2.75, 3.05) is 40.0 Å². The zero-order chi connectivity index (χ0) is 22.1. The maximum Gasteiger partial charge on any atom is 0.275 e. The summed E-state index contributed by atoms with van der Waals surface area (Å²) in [6.45, 7) is 3.00. The first-order valence-electron chi connectivity index (χ1n) is 10.6. The van der Waals surface area contributed by atoms with Crippen molar-refractivity contribution in [1.82, 2.24) is 19.6 Å². The Labute approximate surface area is 185 Å². The molecule has 0 unspecified atom stereocenters. The van der Waals surface area contributed by atoms with E-state index >= 15 is 0 Å². The third kappa shape index (κ3) is 3.97. The number of carbonyl (C=O) groups excluding carboxylic acids is 1. The molecule has 1 fully saturated rings. The molecule has 5 rings (SSSR count). The van der Waals surface area contributed by atoms with E-state index in [1.165, 1.54) is 4.68 Å². The van der Waals surface area contributed by atoms with E-state index in [0.717, 1.165) is 18.7 Å². The summed E-state index contributed by atoms with van der Waals surface area (Å²) in [6, 6.07) is 16.8. The van der Waals surface area contributed by atoms with Crippen LogP contribution in [0.25, 0.3) is 22.4 Å². The van der Waals surface area contributed by atoms with E-state index in [9.17, 15) is 9.59 Å². The molecule has 0 radical (unpaired) electrons. The van der Waals surface area contributed by atoms with Gasteiger partial charge in [0, 0.05) is 31.7 Å². The number of aromatic nitrogens is 2. The first kappa shape index (κ1) is 20.3. The molecule has 1 amide bonds. The smallest absolute Gasteiger partial charge is 0.275 e. The summed E-state index contributed by atoms with van der Waals surface area (Å²) in [6.07, 6.45) is 0. The standard InChI is InChI=1S/C24H24N4O4/c1-26-9-11-27(12-10-26)23(29)15-28-24(30)19(14-20(25-28)17-5-3-2-4-6-17)18-7-8-21-22(13-18)32-16-31-21/h2-8,13-14H,9-12,15-16H2,1H3. The molecule has 3 heterocycles. The Hall–Kier alpha value is -3.65. The lowest BCUT2D eigenvalue weighted by atomic mass is 10.0. The van der Waals surface area contributed by atoms with E-state index in [-0.39, 0.29) is 24.8 Å². The molecule has 8 nitrogen and oxygen atoms in total. The zero-order valence-electron chi connectivity index (χ0n) is 17.9. The Bertz CT molecular complexity index is 1200.